The van der Waals surface area contributed by atoms with Gasteiger partial charge in [0.1, 0.15) is 6.54 Å². The van der Waals surface area contributed by atoms with Crippen molar-refractivity contribution >= 4 is 40.0 Å². The van der Waals surface area contributed by atoms with Gasteiger partial charge < -0.3 is 24.6 Å². The molecule has 4 rings (SSSR count). The van der Waals surface area contributed by atoms with Gasteiger partial charge in [0.2, 0.25) is 5.91 Å². The van der Waals surface area contributed by atoms with Crippen molar-refractivity contribution in [1.29, 1.82) is 0 Å². The van der Waals surface area contributed by atoms with Gasteiger partial charge in [-0.3, -0.25) is 9.59 Å². The van der Waals surface area contributed by atoms with Crippen LogP contribution in [0.25, 0.3) is 10.9 Å². The Labute approximate surface area is 218 Å². The monoisotopic (exact) mass is 535 g/mol. The maximum atomic E-state index is 13.5. The molecule has 11 heteroatoms. The van der Waals surface area contributed by atoms with Crippen LogP contribution in [0.3, 0.4) is 0 Å². The van der Waals surface area contributed by atoms with E-state index in [1.165, 1.54) is 12.1 Å². The first kappa shape index (κ1) is 26.8. The fourth-order valence-electron chi connectivity index (χ4n) is 4.51. The molecule has 2 heterocycles. The lowest BCUT2D eigenvalue weighted by atomic mass is 10.1. The van der Waals surface area contributed by atoms with Crippen LogP contribution >= 0.6 is 11.6 Å². The molecule has 0 saturated carbocycles. The summed E-state index contributed by atoms with van der Waals surface area (Å²) in [6.07, 6.45) is -2.80. The number of benzene rings is 2. The first-order valence-corrected chi connectivity index (χ1v) is 12.3. The minimum atomic E-state index is -4.45. The number of alkyl halides is 3. The number of piperazine rings is 1. The third kappa shape index (κ3) is 6.19. The third-order valence-electron chi connectivity index (χ3n) is 6.39. The van der Waals surface area contributed by atoms with Gasteiger partial charge in [-0.05, 0) is 38.4 Å². The minimum Gasteiger partial charge on any atom is -0.367 e. The second kappa shape index (κ2) is 11.0. The quantitative estimate of drug-likeness (QED) is 0.498. The predicted molar refractivity (Wildman–Crippen MR) is 138 cm³/mol. The zero-order chi connectivity index (χ0) is 26.7. The van der Waals surface area contributed by atoms with Crippen LogP contribution in [0.15, 0.2) is 48.7 Å². The number of amides is 2. The molecule has 1 fully saturated rings. The maximum absolute atomic E-state index is 13.5. The number of carbonyl (C=O) groups excluding carboxylic acids is 2. The van der Waals surface area contributed by atoms with Gasteiger partial charge in [0.15, 0.2) is 0 Å². The van der Waals surface area contributed by atoms with Crippen LogP contribution in [0.5, 0.6) is 0 Å². The van der Waals surface area contributed by atoms with Crippen molar-refractivity contribution in [3.05, 3.63) is 64.8 Å². The fraction of sp³-hybridized carbons (Fsp3) is 0.385. The molecular formula is C26H29ClF3N5O2. The van der Waals surface area contributed by atoms with Crippen LogP contribution in [-0.2, 0) is 17.5 Å². The summed E-state index contributed by atoms with van der Waals surface area (Å²) in [5.74, 6) is -0.419. The van der Waals surface area contributed by atoms with E-state index in [1.807, 2.05) is 19.0 Å². The highest BCUT2D eigenvalue weighted by atomic mass is 35.5. The lowest BCUT2D eigenvalue weighted by Crippen LogP contribution is -2.49. The highest BCUT2D eigenvalue weighted by molar-refractivity contribution is 6.31. The number of likely N-dealkylation sites (N-methyl/N-ethyl adjacent to an activating group) is 1. The van der Waals surface area contributed by atoms with Crippen molar-refractivity contribution in [1.82, 2.24) is 19.7 Å². The van der Waals surface area contributed by atoms with Gasteiger partial charge in [-0.15, -0.1) is 0 Å². The molecule has 0 unspecified atom stereocenters. The molecule has 198 valence electrons. The molecule has 1 aliphatic heterocycles. The third-order valence-corrected chi connectivity index (χ3v) is 6.62. The highest BCUT2D eigenvalue weighted by Gasteiger charge is 2.35. The molecule has 0 radical (unpaired) electrons. The van der Waals surface area contributed by atoms with Crippen molar-refractivity contribution in [3.63, 3.8) is 0 Å². The second-order valence-corrected chi connectivity index (χ2v) is 9.72. The molecule has 3 aromatic rings. The van der Waals surface area contributed by atoms with Crippen LogP contribution in [0.2, 0.25) is 5.02 Å². The molecule has 1 aromatic heterocycles. The number of hydrogen-bond acceptors (Lipinski definition) is 4. The van der Waals surface area contributed by atoms with Gasteiger partial charge in [0.05, 0.1) is 16.6 Å². The van der Waals surface area contributed by atoms with E-state index >= 15 is 0 Å². The standard InChI is InChI=1S/C26H29ClF3N5O2/c1-32(2)10-9-31-24(36)17-35-16-20(19-8-7-18(27)15-23(19)35)25(37)34-13-11-33(12-14-34)22-6-4-3-5-21(22)26(28,29)30/h3-8,15-16H,9-14,17H2,1-2H3,(H,31,36). The van der Waals surface area contributed by atoms with E-state index in [1.54, 1.807) is 44.8 Å². The summed E-state index contributed by atoms with van der Waals surface area (Å²) in [6, 6.07) is 10.6. The number of para-hydroxylation sites is 1. The fourth-order valence-corrected chi connectivity index (χ4v) is 4.67. The molecule has 1 aliphatic rings. The smallest absolute Gasteiger partial charge is 0.367 e. The van der Waals surface area contributed by atoms with Gasteiger partial charge in [0, 0.05) is 61.6 Å². The van der Waals surface area contributed by atoms with E-state index in [0.29, 0.717) is 34.6 Å². The Kier molecular flexibility index (Phi) is 7.99. The summed E-state index contributed by atoms with van der Waals surface area (Å²) >= 11 is 6.20. The Balaban J connectivity index is 1.50. The van der Waals surface area contributed by atoms with Gasteiger partial charge in [-0.25, -0.2) is 0 Å². The predicted octanol–water partition coefficient (Wildman–Crippen LogP) is 3.95. The van der Waals surface area contributed by atoms with Crippen LogP contribution in [0.1, 0.15) is 15.9 Å². The summed E-state index contributed by atoms with van der Waals surface area (Å²) in [7, 11) is 3.83. The molecule has 2 aromatic carbocycles. The number of hydrogen-bond donors (Lipinski definition) is 1. The van der Waals surface area contributed by atoms with E-state index < -0.39 is 11.7 Å². The molecule has 0 spiro atoms. The summed E-state index contributed by atoms with van der Waals surface area (Å²) in [5, 5.41) is 4.01. The number of carbonyl (C=O) groups is 2. The number of fused-ring (bicyclic) bond motifs is 1. The largest absolute Gasteiger partial charge is 0.418 e. The SMILES string of the molecule is CN(C)CCNC(=O)Cn1cc(C(=O)N2CCN(c3ccccc3C(F)(F)F)CC2)c2ccc(Cl)cc21. The first-order chi connectivity index (χ1) is 17.5. The van der Waals surface area contributed by atoms with Crippen molar-refractivity contribution in [2.45, 2.75) is 12.7 Å². The molecule has 0 aliphatic carbocycles. The lowest BCUT2D eigenvalue weighted by Gasteiger charge is -2.37. The average Bonchev–Trinajstić information content (AvgIpc) is 3.20. The van der Waals surface area contributed by atoms with Gasteiger partial charge >= 0.3 is 6.18 Å². The summed E-state index contributed by atoms with van der Waals surface area (Å²) in [4.78, 5) is 31.3. The molecular weight excluding hydrogens is 507 g/mol. The van der Waals surface area contributed by atoms with Gasteiger partial charge in [-0.2, -0.15) is 13.2 Å². The Hall–Kier alpha value is -3.24. The number of aromatic nitrogens is 1. The minimum absolute atomic E-state index is 0.0273. The van der Waals surface area contributed by atoms with Crippen molar-refractivity contribution in [3.8, 4) is 0 Å². The lowest BCUT2D eigenvalue weighted by molar-refractivity contribution is -0.137. The summed E-state index contributed by atoms with van der Waals surface area (Å²) < 4.78 is 42.1. The van der Waals surface area contributed by atoms with E-state index in [4.69, 9.17) is 11.6 Å². The molecule has 7 nitrogen and oxygen atoms in total. The zero-order valence-electron chi connectivity index (χ0n) is 20.7. The van der Waals surface area contributed by atoms with E-state index in [-0.39, 0.29) is 50.2 Å². The second-order valence-electron chi connectivity index (χ2n) is 9.28. The van der Waals surface area contributed by atoms with Crippen LogP contribution < -0.4 is 10.2 Å². The molecule has 2 amide bonds. The normalized spacial score (nSPS) is 14.5. The van der Waals surface area contributed by atoms with Crippen molar-refractivity contribution in [2.24, 2.45) is 0 Å². The van der Waals surface area contributed by atoms with E-state index in [2.05, 4.69) is 5.32 Å². The number of halogens is 4. The van der Waals surface area contributed by atoms with Gasteiger partial charge in [-0.1, -0.05) is 29.8 Å². The zero-order valence-corrected chi connectivity index (χ0v) is 21.4. The average molecular weight is 536 g/mol. The number of nitrogens with one attached hydrogen (secondary N) is 1. The van der Waals surface area contributed by atoms with Crippen LogP contribution in [0, 0.1) is 0 Å². The Bertz CT molecular complexity index is 1280. The molecule has 37 heavy (non-hydrogen) atoms. The number of anilines is 1. The number of rotatable bonds is 7. The number of nitrogens with zero attached hydrogens (tertiary/aromatic N) is 4. The van der Waals surface area contributed by atoms with Crippen molar-refractivity contribution in [2.75, 3.05) is 58.3 Å². The molecule has 0 atom stereocenters. The van der Waals surface area contributed by atoms with Crippen LogP contribution in [0.4, 0.5) is 18.9 Å². The molecule has 0 bridgehead atoms. The molecule has 1 N–H and O–H groups in total. The van der Waals surface area contributed by atoms with E-state index in [0.717, 1.165) is 6.07 Å². The van der Waals surface area contributed by atoms with Gasteiger partial charge in [0.25, 0.3) is 5.91 Å². The van der Waals surface area contributed by atoms with E-state index in [9.17, 15) is 22.8 Å². The summed E-state index contributed by atoms with van der Waals surface area (Å²) in [6.45, 7) is 2.33. The Morgan fingerprint density at radius 2 is 1.76 bits per heavy atom. The van der Waals surface area contributed by atoms with Crippen LogP contribution in [-0.4, -0.2) is 79.5 Å². The van der Waals surface area contributed by atoms with Crippen molar-refractivity contribution < 1.29 is 22.8 Å². The topological polar surface area (TPSA) is 60.8 Å². The summed E-state index contributed by atoms with van der Waals surface area (Å²) in [5.41, 5.74) is 0.528. The highest BCUT2D eigenvalue weighted by Crippen LogP contribution is 2.37. The maximum Gasteiger partial charge on any atom is 0.418 e. The Morgan fingerprint density at radius 3 is 2.43 bits per heavy atom. The molecule has 1 saturated heterocycles. The Morgan fingerprint density at radius 1 is 1.05 bits per heavy atom. The first-order valence-electron chi connectivity index (χ1n) is 11.9.